The van der Waals surface area contributed by atoms with E-state index in [1.807, 2.05) is 48.5 Å². The van der Waals surface area contributed by atoms with Gasteiger partial charge in [0.05, 0.1) is 23.3 Å². The summed E-state index contributed by atoms with van der Waals surface area (Å²) in [5.74, 6) is -1.13. The minimum Gasteiger partial charge on any atom is -0.366 e. The second-order valence-electron chi connectivity index (χ2n) is 7.50. The van der Waals surface area contributed by atoms with Gasteiger partial charge in [0, 0.05) is 18.2 Å². The van der Waals surface area contributed by atoms with Crippen molar-refractivity contribution in [1.29, 1.82) is 0 Å². The SMILES string of the molecule is NC(=O)c1cc(CNC(=O)CCCCCC(=O)NO)nc2ccc(-c3ccccc3)cc12. The van der Waals surface area contributed by atoms with Gasteiger partial charge in [0.25, 0.3) is 0 Å². The standard InChI is InChI=1S/C24H26N4O4/c25-24(31)20-14-18(15-26-22(29)9-5-2-6-10-23(30)28-32)27-21-12-11-17(13-19(20)21)16-7-3-1-4-8-16/h1,3-4,7-8,11-14,32H,2,5-6,9-10,15H2,(H2,25,31)(H,26,29)(H,28,30). The summed E-state index contributed by atoms with van der Waals surface area (Å²) in [7, 11) is 0. The molecule has 1 heterocycles. The van der Waals surface area contributed by atoms with Crippen LogP contribution < -0.4 is 16.5 Å². The number of fused-ring (bicyclic) bond motifs is 1. The van der Waals surface area contributed by atoms with Crippen LogP contribution in [-0.2, 0) is 16.1 Å². The highest BCUT2D eigenvalue weighted by molar-refractivity contribution is 6.06. The Balaban J connectivity index is 1.65. The molecule has 0 spiro atoms. The molecule has 5 N–H and O–H groups in total. The zero-order valence-corrected chi connectivity index (χ0v) is 17.6. The van der Waals surface area contributed by atoms with Gasteiger partial charge in [0.2, 0.25) is 17.7 Å². The van der Waals surface area contributed by atoms with Gasteiger partial charge in [0.15, 0.2) is 0 Å². The number of carbonyl (C=O) groups excluding carboxylic acids is 3. The number of carbonyl (C=O) groups is 3. The van der Waals surface area contributed by atoms with Crippen LogP contribution in [0.2, 0.25) is 0 Å². The summed E-state index contributed by atoms with van der Waals surface area (Å²) in [5, 5.41) is 11.9. The maximum atomic E-state index is 12.1. The van der Waals surface area contributed by atoms with E-state index in [9.17, 15) is 14.4 Å². The molecule has 0 unspecified atom stereocenters. The molecule has 1 aromatic heterocycles. The topological polar surface area (TPSA) is 134 Å². The number of aromatic nitrogens is 1. The molecule has 0 aliphatic heterocycles. The first-order chi connectivity index (χ1) is 15.5. The van der Waals surface area contributed by atoms with Crippen molar-refractivity contribution in [2.45, 2.75) is 38.6 Å². The van der Waals surface area contributed by atoms with Gasteiger partial charge < -0.3 is 11.1 Å². The fraction of sp³-hybridized carbons (Fsp3) is 0.250. The molecule has 0 fully saturated rings. The second kappa shape index (κ2) is 11.0. The van der Waals surface area contributed by atoms with Crippen molar-refractivity contribution in [3.63, 3.8) is 0 Å². The van der Waals surface area contributed by atoms with Crippen LogP contribution in [0.5, 0.6) is 0 Å². The smallest absolute Gasteiger partial charge is 0.249 e. The number of benzene rings is 2. The first-order valence-electron chi connectivity index (χ1n) is 10.5. The average molecular weight is 434 g/mol. The van der Waals surface area contributed by atoms with E-state index in [1.165, 1.54) is 0 Å². The summed E-state index contributed by atoms with van der Waals surface area (Å²) in [4.78, 5) is 39.7. The third-order valence-electron chi connectivity index (χ3n) is 5.13. The number of hydrogen-bond acceptors (Lipinski definition) is 5. The number of amides is 3. The number of unbranched alkanes of at least 4 members (excludes halogenated alkanes) is 2. The van der Waals surface area contributed by atoms with Crippen molar-refractivity contribution in [1.82, 2.24) is 15.8 Å². The Kier molecular flexibility index (Phi) is 7.88. The largest absolute Gasteiger partial charge is 0.366 e. The van der Waals surface area contributed by atoms with Gasteiger partial charge in [-0.15, -0.1) is 0 Å². The Hall–Kier alpha value is -3.78. The molecule has 3 amide bonds. The molecule has 3 rings (SSSR count). The van der Waals surface area contributed by atoms with E-state index in [2.05, 4.69) is 10.3 Å². The fourth-order valence-corrected chi connectivity index (χ4v) is 3.47. The molecule has 32 heavy (non-hydrogen) atoms. The highest BCUT2D eigenvalue weighted by Crippen LogP contribution is 2.26. The molecule has 2 aromatic carbocycles. The zero-order chi connectivity index (χ0) is 22.9. The highest BCUT2D eigenvalue weighted by atomic mass is 16.5. The molecule has 0 saturated heterocycles. The molecule has 0 atom stereocenters. The van der Waals surface area contributed by atoms with E-state index < -0.39 is 11.8 Å². The lowest BCUT2D eigenvalue weighted by atomic mass is 10.00. The van der Waals surface area contributed by atoms with E-state index in [1.54, 1.807) is 11.5 Å². The molecular formula is C24H26N4O4. The van der Waals surface area contributed by atoms with Crippen molar-refractivity contribution in [3.05, 3.63) is 65.9 Å². The number of pyridine rings is 1. The van der Waals surface area contributed by atoms with Crippen molar-refractivity contribution < 1.29 is 19.6 Å². The normalized spacial score (nSPS) is 10.7. The van der Waals surface area contributed by atoms with Gasteiger partial charge in [0.1, 0.15) is 0 Å². The predicted molar refractivity (Wildman–Crippen MR) is 121 cm³/mol. The van der Waals surface area contributed by atoms with Crippen molar-refractivity contribution >= 4 is 28.6 Å². The van der Waals surface area contributed by atoms with Gasteiger partial charge in [-0.3, -0.25) is 24.6 Å². The monoisotopic (exact) mass is 434 g/mol. The molecule has 0 bridgehead atoms. The Labute approximate surface area is 185 Å². The number of hydrogen-bond donors (Lipinski definition) is 4. The molecule has 8 heteroatoms. The van der Waals surface area contributed by atoms with Gasteiger partial charge >= 0.3 is 0 Å². The van der Waals surface area contributed by atoms with E-state index in [-0.39, 0.29) is 18.9 Å². The number of nitrogens with two attached hydrogens (primary N) is 1. The van der Waals surface area contributed by atoms with Crippen LogP contribution in [0.25, 0.3) is 22.0 Å². The van der Waals surface area contributed by atoms with Crippen molar-refractivity contribution in [2.75, 3.05) is 0 Å². The lowest BCUT2D eigenvalue weighted by Gasteiger charge is -2.10. The Bertz CT molecular complexity index is 1120. The average Bonchev–Trinajstić information content (AvgIpc) is 2.81. The summed E-state index contributed by atoms with van der Waals surface area (Å²) >= 11 is 0. The van der Waals surface area contributed by atoms with E-state index in [4.69, 9.17) is 10.9 Å². The van der Waals surface area contributed by atoms with Gasteiger partial charge in [-0.05, 0) is 42.2 Å². The van der Waals surface area contributed by atoms with Crippen LogP contribution >= 0.6 is 0 Å². The van der Waals surface area contributed by atoms with Gasteiger partial charge in [-0.25, -0.2) is 5.48 Å². The van der Waals surface area contributed by atoms with Crippen LogP contribution in [0.4, 0.5) is 0 Å². The third kappa shape index (κ3) is 6.12. The van der Waals surface area contributed by atoms with Crippen LogP contribution in [0.15, 0.2) is 54.6 Å². The molecule has 8 nitrogen and oxygen atoms in total. The predicted octanol–water partition coefficient (Wildman–Crippen LogP) is 3.07. The number of nitrogens with one attached hydrogen (secondary N) is 2. The van der Waals surface area contributed by atoms with E-state index in [0.29, 0.717) is 47.8 Å². The second-order valence-corrected chi connectivity index (χ2v) is 7.50. The fourth-order valence-electron chi connectivity index (χ4n) is 3.47. The molecule has 0 aliphatic rings. The summed E-state index contributed by atoms with van der Waals surface area (Å²) < 4.78 is 0. The highest BCUT2D eigenvalue weighted by Gasteiger charge is 2.13. The first kappa shape index (κ1) is 22.9. The minimum atomic E-state index is -0.554. The van der Waals surface area contributed by atoms with Crippen LogP contribution in [0, 0.1) is 0 Å². The Morgan fingerprint density at radius 3 is 2.28 bits per heavy atom. The first-order valence-corrected chi connectivity index (χ1v) is 10.5. The Morgan fingerprint density at radius 2 is 1.59 bits per heavy atom. The molecule has 0 radical (unpaired) electrons. The van der Waals surface area contributed by atoms with Gasteiger partial charge in [-0.2, -0.15) is 0 Å². The number of primary amides is 1. The lowest BCUT2D eigenvalue weighted by Crippen LogP contribution is -2.23. The maximum Gasteiger partial charge on any atom is 0.249 e. The summed E-state index contributed by atoms with van der Waals surface area (Å²) in [6.45, 7) is 0.183. The summed E-state index contributed by atoms with van der Waals surface area (Å²) in [5.41, 5.74) is 10.7. The van der Waals surface area contributed by atoms with Crippen molar-refractivity contribution in [2.24, 2.45) is 5.73 Å². The molecule has 166 valence electrons. The van der Waals surface area contributed by atoms with Crippen LogP contribution in [0.1, 0.15) is 48.2 Å². The Morgan fingerprint density at radius 1 is 0.875 bits per heavy atom. The number of rotatable bonds is 10. The molecular weight excluding hydrogens is 408 g/mol. The number of nitrogens with zero attached hydrogens (tertiary/aromatic N) is 1. The quantitative estimate of drug-likeness (QED) is 0.221. The van der Waals surface area contributed by atoms with Crippen LogP contribution in [-0.4, -0.2) is 27.9 Å². The third-order valence-corrected chi connectivity index (χ3v) is 5.13. The summed E-state index contributed by atoms with van der Waals surface area (Å²) in [6.07, 6.45) is 2.46. The summed E-state index contributed by atoms with van der Waals surface area (Å²) in [6, 6.07) is 17.1. The molecule has 0 saturated carbocycles. The zero-order valence-electron chi connectivity index (χ0n) is 17.6. The van der Waals surface area contributed by atoms with Crippen LogP contribution in [0.3, 0.4) is 0 Å². The van der Waals surface area contributed by atoms with Gasteiger partial charge in [-0.1, -0.05) is 42.8 Å². The number of hydroxylamine groups is 1. The van der Waals surface area contributed by atoms with E-state index in [0.717, 1.165) is 11.1 Å². The lowest BCUT2D eigenvalue weighted by molar-refractivity contribution is -0.129. The molecule has 3 aromatic rings. The maximum absolute atomic E-state index is 12.1. The van der Waals surface area contributed by atoms with E-state index >= 15 is 0 Å². The minimum absolute atomic E-state index is 0.140. The molecule has 0 aliphatic carbocycles. The van der Waals surface area contributed by atoms with Crippen molar-refractivity contribution in [3.8, 4) is 11.1 Å².